The number of rotatable bonds is 4. The van der Waals surface area contributed by atoms with Crippen LogP contribution >= 0.6 is 0 Å². The second-order valence-corrected chi connectivity index (χ2v) is 6.01. The Morgan fingerprint density at radius 2 is 2.12 bits per heavy atom. The van der Waals surface area contributed by atoms with Gasteiger partial charge in [-0.15, -0.1) is 0 Å². The Balaban J connectivity index is 1.69. The first-order valence-electron chi connectivity index (χ1n) is 8.11. The molecule has 0 spiro atoms. The Kier molecular flexibility index (Phi) is 4.69. The Hall–Kier alpha value is -2.56. The third-order valence-electron chi connectivity index (χ3n) is 4.53. The zero-order chi connectivity index (χ0) is 17.1. The maximum atomic E-state index is 11.9. The maximum absolute atomic E-state index is 11.9. The number of benzene rings is 1. The van der Waals surface area contributed by atoms with Crippen molar-refractivity contribution in [2.75, 3.05) is 13.7 Å². The van der Waals surface area contributed by atoms with Crippen molar-refractivity contribution in [2.45, 2.75) is 31.7 Å². The summed E-state index contributed by atoms with van der Waals surface area (Å²) in [7, 11) is 1.28. The van der Waals surface area contributed by atoms with E-state index in [9.17, 15) is 9.59 Å². The Labute approximate surface area is 141 Å². The first-order chi connectivity index (χ1) is 11.6. The SMILES string of the molecule is COC(=O)[C@H](C)NC(=O)OCC1C2=C(C=CCC2)c2ccccc21. The van der Waals surface area contributed by atoms with Crippen LogP contribution in [0.1, 0.15) is 36.8 Å². The molecule has 1 N–H and O–H groups in total. The lowest BCUT2D eigenvalue weighted by atomic mass is 9.91. The third kappa shape index (κ3) is 3.07. The van der Waals surface area contributed by atoms with Gasteiger partial charge in [0.15, 0.2) is 0 Å². The number of hydrogen-bond acceptors (Lipinski definition) is 4. The van der Waals surface area contributed by atoms with E-state index in [-0.39, 0.29) is 12.5 Å². The fourth-order valence-electron chi connectivity index (χ4n) is 3.34. The number of allylic oxidation sites excluding steroid dienone is 3. The minimum Gasteiger partial charge on any atom is -0.467 e. The zero-order valence-corrected chi connectivity index (χ0v) is 13.9. The minimum absolute atomic E-state index is 0.0836. The topological polar surface area (TPSA) is 64.6 Å². The molecule has 0 saturated heterocycles. The van der Waals surface area contributed by atoms with Gasteiger partial charge in [0.1, 0.15) is 12.6 Å². The van der Waals surface area contributed by atoms with Crippen molar-refractivity contribution in [1.29, 1.82) is 0 Å². The minimum atomic E-state index is -0.731. The van der Waals surface area contributed by atoms with Gasteiger partial charge in [-0.2, -0.15) is 0 Å². The normalized spacial score (nSPS) is 19.3. The van der Waals surface area contributed by atoms with E-state index in [4.69, 9.17) is 4.74 Å². The van der Waals surface area contributed by atoms with Gasteiger partial charge in [0.05, 0.1) is 7.11 Å². The van der Waals surface area contributed by atoms with Crippen molar-refractivity contribution in [2.24, 2.45) is 0 Å². The van der Waals surface area contributed by atoms with Crippen molar-refractivity contribution >= 4 is 17.6 Å². The van der Waals surface area contributed by atoms with Crippen LogP contribution in [0.15, 0.2) is 42.0 Å². The van der Waals surface area contributed by atoms with Gasteiger partial charge in [0.25, 0.3) is 0 Å². The number of hydrogen-bond donors (Lipinski definition) is 1. The second kappa shape index (κ2) is 6.91. The number of carbonyl (C=O) groups is 2. The van der Waals surface area contributed by atoms with Crippen molar-refractivity contribution in [3.05, 3.63) is 53.1 Å². The lowest BCUT2D eigenvalue weighted by molar-refractivity contribution is -0.142. The number of amides is 1. The molecule has 0 heterocycles. The van der Waals surface area contributed by atoms with Crippen LogP contribution in [0.3, 0.4) is 0 Å². The molecular formula is C19H21NO4. The average molecular weight is 327 g/mol. The summed E-state index contributed by atoms with van der Waals surface area (Å²) in [4.78, 5) is 23.3. The molecule has 5 heteroatoms. The monoisotopic (exact) mass is 327 g/mol. The molecule has 2 aliphatic rings. The van der Waals surface area contributed by atoms with Gasteiger partial charge >= 0.3 is 12.1 Å². The van der Waals surface area contributed by atoms with Gasteiger partial charge in [0, 0.05) is 5.92 Å². The summed E-state index contributed by atoms with van der Waals surface area (Å²) in [6, 6.07) is 7.50. The molecule has 5 nitrogen and oxygen atoms in total. The van der Waals surface area contributed by atoms with Crippen LogP contribution in [0.2, 0.25) is 0 Å². The summed E-state index contributed by atoms with van der Waals surface area (Å²) in [5, 5.41) is 2.48. The number of methoxy groups -OCH3 is 1. The number of ether oxygens (including phenoxy) is 2. The average Bonchev–Trinajstić information content (AvgIpc) is 2.93. The van der Waals surface area contributed by atoms with E-state index >= 15 is 0 Å². The highest BCUT2D eigenvalue weighted by molar-refractivity contribution is 5.85. The largest absolute Gasteiger partial charge is 0.467 e. The summed E-state index contributed by atoms with van der Waals surface area (Å²) in [6.45, 7) is 1.83. The summed E-state index contributed by atoms with van der Waals surface area (Å²) in [5.74, 6) is -0.416. The van der Waals surface area contributed by atoms with Crippen molar-refractivity contribution in [3.8, 4) is 0 Å². The summed E-state index contributed by atoms with van der Waals surface area (Å²) in [5.41, 5.74) is 5.00. The highest BCUT2D eigenvalue weighted by Gasteiger charge is 2.31. The summed E-state index contributed by atoms with van der Waals surface area (Å²) >= 11 is 0. The van der Waals surface area contributed by atoms with Crippen LogP contribution in [-0.2, 0) is 14.3 Å². The molecular weight excluding hydrogens is 306 g/mol. The van der Waals surface area contributed by atoms with Crippen LogP contribution in [0.25, 0.3) is 5.57 Å². The summed E-state index contributed by atoms with van der Waals surface area (Å²) in [6.07, 6.45) is 5.73. The quantitative estimate of drug-likeness (QED) is 0.863. The Morgan fingerprint density at radius 3 is 2.92 bits per heavy atom. The van der Waals surface area contributed by atoms with E-state index in [1.165, 1.54) is 29.4 Å². The fourth-order valence-corrected chi connectivity index (χ4v) is 3.34. The highest BCUT2D eigenvalue weighted by Crippen LogP contribution is 2.46. The summed E-state index contributed by atoms with van der Waals surface area (Å²) < 4.78 is 9.96. The van der Waals surface area contributed by atoms with Crippen molar-refractivity contribution < 1.29 is 19.1 Å². The zero-order valence-electron chi connectivity index (χ0n) is 13.9. The number of esters is 1. The second-order valence-electron chi connectivity index (χ2n) is 6.01. The van der Waals surface area contributed by atoms with Crippen LogP contribution in [0, 0.1) is 0 Å². The van der Waals surface area contributed by atoms with E-state index in [1.807, 2.05) is 12.1 Å². The van der Waals surface area contributed by atoms with Gasteiger partial charge in [-0.3, -0.25) is 0 Å². The van der Waals surface area contributed by atoms with Crippen LogP contribution in [-0.4, -0.2) is 31.8 Å². The fraction of sp³-hybridized carbons (Fsp3) is 0.368. The lowest BCUT2D eigenvalue weighted by Crippen LogP contribution is -2.39. The van der Waals surface area contributed by atoms with Gasteiger partial charge in [-0.05, 0) is 36.5 Å². The van der Waals surface area contributed by atoms with Crippen LogP contribution < -0.4 is 5.32 Å². The number of carbonyl (C=O) groups excluding carboxylic acids is 2. The Morgan fingerprint density at radius 1 is 1.33 bits per heavy atom. The molecule has 1 unspecified atom stereocenters. The number of fused-ring (bicyclic) bond motifs is 2. The molecule has 0 bridgehead atoms. The van der Waals surface area contributed by atoms with Gasteiger partial charge in [0.2, 0.25) is 0 Å². The van der Waals surface area contributed by atoms with Crippen LogP contribution in [0.4, 0.5) is 4.79 Å². The maximum Gasteiger partial charge on any atom is 0.407 e. The number of alkyl carbamates (subject to hydrolysis) is 1. The molecule has 126 valence electrons. The first kappa shape index (κ1) is 16.3. The number of nitrogens with one attached hydrogen (secondary N) is 1. The van der Waals surface area contributed by atoms with E-state index in [2.05, 4.69) is 34.3 Å². The predicted octanol–water partition coefficient (Wildman–Crippen LogP) is 3.18. The highest BCUT2D eigenvalue weighted by atomic mass is 16.6. The standard InChI is InChI=1S/C19H21NO4/c1-12(18(21)23-2)20-19(22)24-11-17-15-9-5-3-7-13(15)14-8-4-6-10-16(14)17/h3-5,7-9,12,17H,6,10-11H2,1-2H3,(H,20,22)/t12-,17?/m0/s1. The molecule has 0 aliphatic heterocycles. The molecule has 1 aromatic rings. The van der Waals surface area contributed by atoms with Gasteiger partial charge in [-0.25, -0.2) is 9.59 Å². The predicted molar refractivity (Wildman–Crippen MR) is 90.4 cm³/mol. The lowest BCUT2D eigenvalue weighted by Gasteiger charge is -2.19. The molecule has 0 aromatic heterocycles. The molecule has 0 fully saturated rings. The Bertz CT molecular complexity index is 720. The first-order valence-corrected chi connectivity index (χ1v) is 8.11. The van der Waals surface area contributed by atoms with Crippen LogP contribution in [0.5, 0.6) is 0 Å². The van der Waals surface area contributed by atoms with E-state index < -0.39 is 18.1 Å². The van der Waals surface area contributed by atoms with E-state index in [1.54, 1.807) is 6.92 Å². The van der Waals surface area contributed by atoms with Gasteiger partial charge < -0.3 is 14.8 Å². The smallest absolute Gasteiger partial charge is 0.407 e. The molecule has 1 amide bonds. The van der Waals surface area contributed by atoms with Crippen molar-refractivity contribution in [1.82, 2.24) is 5.32 Å². The van der Waals surface area contributed by atoms with E-state index in [0.29, 0.717) is 0 Å². The molecule has 2 atom stereocenters. The van der Waals surface area contributed by atoms with Gasteiger partial charge in [-0.1, -0.05) is 42.0 Å². The molecule has 24 heavy (non-hydrogen) atoms. The third-order valence-corrected chi connectivity index (χ3v) is 4.53. The van der Waals surface area contributed by atoms with E-state index in [0.717, 1.165) is 12.8 Å². The molecule has 1 aromatic carbocycles. The molecule has 0 saturated carbocycles. The van der Waals surface area contributed by atoms with Crippen molar-refractivity contribution in [3.63, 3.8) is 0 Å². The molecule has 0 radical (unpaired) electrons. The molecule has 2 aliphatic carbocycles. The molecule has 3 rings (SSSR count).